The molecule has 0 spiro atoms. The van der Waals surface area contributed by atoms with Crippen molar-refractivity contribution in [3.63, 3.8) is 0 Å². The molecule has 0 saturated carbocycles. The molecule has 4 heterocycles. The lowest BCUT2D eigenvalue weighted by atomic mass is 10.2. The molecular formula is C16H19N3O4S. The molecule has 8 heteroatoms. The molecular weight excluding hydrogens is 330 g/mol. The smallest absolute Gasteiger partial charge is 0.267 e. The topological polar surface area (TPSA) is 65.8 Å². The molecule has 4 rings (SSSR count). The highest BCUT2D eigenvalue weighted by Gasteiger charge is 2.29. The van der Waals surface area contributed by atoms with Crippen LogP contribution >= 0.6 is 11.3 Å². The first-order valence-corrected chi connectivity index (χ1v) is 8.94. The average molecular weight is 349 g/mol. The normalized spacial score (nSPS) is 20.7. The summed E-state index contributed by atoms with van der Waals surface area (Å²) in [5.74, 6) is 1.25. The number of nitrogens with zero attached hydrogens (tertiary/aromatic N) is 3. The fourth-order valence-corrected chi connectivity index (χ4v) is 3.86. The second kappa shape index (κ2) is 6.82. The van der Waals surface area contributed by atoms with Gasteiger partial charge >= 0.3 is 0 Å². The first kappa shape index (κ1) is 15.5. The van der Waals surface area contributed by atoms with Crippen LogP contribution in [0.1, 0.15) is 16.1 Å². The monoisotopic (exact) mass is 349 g/mol. The quantitative estimate of drug-likeness (QED) is 0.843. The molecule has 2 aromatic rings. The zero-order valence-corrected chi connectivity index (χ0v) is 14.0. The second-order valence-electron chi connectivity index (χ2n) is 5.78. The van der Waals surface area contributed by atoms with Crippen LogP contribution in [0.4, 0.5) is 0 Å². The SMILES string of the molecule is O=C(c1scc2c1OCCO2)N1CCCOC(Cn2cccn2)C1. The van der Waals surface area contributed by atoms with Gasteiger partial charge in [0.05, 0.1) is 12.6 Å². The molecule has 0 bridgehead atoms. The van der Waals surface area contributed by atoms with Crippen molar-refractivity contribution in [3.8, 4) is 11.5 Å². The van der Waals surface area contributed by atoms with Crippen LogP contribution in [0.15, 0.2) is 23.8 Å². The molecule has 128 valence electrons. The minimum absolute atomic E-state index is 0.0114. The van der Waals surface area contributed by atoms with E-state index in [9.17, 15) is 4.79 Å². The van der Waals surface area contributed by atoms with Crippen LogP contribution in [0, 0.1) is 0 Å². The van der Waals surface area contributed by atoms with Crippen LogP contribution in [0.5, 0.6) is 11.5 Å². The lowest BCUT2D eigenvalue weighted by Gasteiger charge is -2.24. The Morgan fingerprint density at radius 3 is 3.12 bits per heavy atom. The molecule has 0 radical (unpaired) electrons. The number of carbonyl (C=O) groups excluding carboxylic acids is 1. The second-order valence-corrected chi connectivity index (χ2v) is 6.66. The predicted octanol–water partition coefficient (Wildman–Crippen LogP) is 1.65. The maximum Gasteiger partial charge on any atom is 0.267 e. The van der Waals surface area contributed by atoms with E-state index in [0.29, 0.717) is 55.8 Å². The summed E-state index contributed by atoms with van der Waals surface area (Å²) in [4.78, 5) is 15.4. The van der Waals surface area contributed by atoms with Gasteiger partial charge in [0, 0.05) is 37.5 Å². The molecule has 2 aliphatic heterocycles. The Bertz CT molecular complexity index is 700. The van der Waals surface area contributed by atoms with Gasteiger partial charge in [-0.1, -0.05) is 0 Å². The number of carbonyl (C=O) groups is 1. The van der Waals surface area contributed by atoms with E-state index in [1.54, 1.807) is 6.20 Å². The van der Waals surface area contributed by atoms with Crippen molar-refractivity contribution in [2.45, 2.75) is 19.1 Å². The van der Waals surface area contributed by atoms with Crippen LogP contribution in [0.2, 0.25) is 0 Å². The lowest BCUT2D eigenvalue weighted by Crippen LogP contribution is -2.38. The zero-order chi connectivity index (χ0) is 16.4. The molecule has 1 atom stereocenters. The summed E-state index contributed by atoms with van der Waals surface area (Å²) in [5, 5.41) is 6.06. The van der Waals surface area contributed by atoms with Gasteiger partial charge in [0.2, 0.25) is 0 Å². The van der Waals surface area contributed by atoms with E-state index in [1.165, 1.54) is 11.3 Å². The molecule has 0 aromatic carbocycles. The van der Waals surface area contributed by atoms with E-state index < -0.39 is 0 Å². The molecule has 2 aliphatic rings. The van der Waals surface area contributed by atoms with E-state index in [-0.39, 0.29) is 12.0 Å². The van der Waals surface area contributed by atoms with Crippen LogP contribution in [-0.2, 0) is 11.3 Å². The van der Waals surface area contributed by atoms with Gasteiger partial charge in [-0.15, -0.1) is 11.3 Å². The van der Waals surface area contributed by atoms with Gasteiger partial charge in [-0.2, -0.15) is 5.10 Å². The first-order chi connectivity index (χ1) is 11.8. The van der Waals surface area contributed by atoms with Crippen LogP contribution in [0.3, 0.4) is 0 Å². The van der Waals surface area contributed by atoms with Crippen molar-refractivity contribution >= 4 is 17.2 Å². The number of ether oxygens (including phenoxy) is 3. The Morgan fingerprint density at radius 1 is 1.33 bits per heavy atom. The Morgan fingerprint density at radius 2 is 2.25 bits per heavy atom. The van der Waals surface area contributed by atoms with Crippen LogP contribution < -0.4 is 9.47 Å². The number of thiophene rings is 1. The number of rotatable bonds is 3. The maximum absolute atomic E-state index is 13.0. The Balaban J connectivity index is 1.49. The highest BCUT2D eigenvalue weighted by Crippen LogP contribution is 2.40. The number of aromatic nitrogens is 2. The third-order valence-electron chi connectivity index (χ3n) is 4.08. The fraction of sp³-hybridized carbons (Fsp3) is 0.500. The Hall–Kier alpha value is -2.06. The highest BCUT2D eigenvalue weighted by molar-refractivity contribution is 7.12. The van der Waals surface area contributed by atoms with Crippen molar-refractivity contribution in [1.82, 2.24) is 14.7 Å². The molecule has 0 N–H and O–H groups in total. The largest absolute Gasteiger partial charge is 0.485 e. The van der Waals surface area contributed by atoms with E-state index in [2.05, 4.69) is 5.10 Å². The Labute approximate surface area is 143 Å². The highest BCUT2D eigenvalue weighted by atomic mass is 32.1. The van der Waals surface area contributed by atoms with Crippen LogP contribution in [0.25, 0.3) is 0 Å². The maximum atomic E-state index is 13.0. The van der Waals surface area contributed by atoms with Crippen molar-refractivity contribution < 1.29 is 19.0 Å². The standard InChI is InChI=1S/C16H19N3O4S/c20-16(15-14-13(11-24-15)22-7-8-23-14)18-4-2-6-21-12(9-18)10-19-5-1-3-17-19/h1,3,5,11-12H,2,4,6-10H2. The molecule has 1 amide bonds. The van der Waals surface area contributed by atoms with Crippen LogP contribution in [-0.4, -0.2) is 59.6 Å². The number of amides is 1. The molecule has 0 aliphatic carbocycles. The molecule has 7 nitrogen and oxygen atoms in total. The van der Waals surface area contributed by atoms with Gasteiger partial charge in [0.15, 0.2) is 11.5 Å². The van der Waals surface area contributed by atoms with Crippen molar-refractivity contribution in [3.05, 3.63) is 28.7 Å². The van der Waals surface area contributed by atoms with Gasteiger partial charge in [0.25, 0.3) is 5.91 Å². The summed E-state index contributed by atoms with van der Waals surface area (Å²) < 4.78 is 18.9. The van der Waals surface area contributed by atoms with E-state index in [1.807, 2.05) is 27.2 Å². The minimum Gasteiger partial charge on any atom is -0.485 e. The van der Waals surface area contributed by atoms with Gasteiger partial charge in [-0.05, 0) is 12.5 Å². The van der Waals surface area contributed by atoms with E-state index in [0.717, 1.165) is 6.42 Å². The first-order valence-electron chi connectivity index (χ1n) is 8.06. The summed E-state index contributed by atoms with van der Waals surface area (Å²) in [6.07, 6.45) is 4.41. The van der Waals surface area contributed by atoms with Gasteiger partial charge < -0.3 is 19.1 Å². The lowest BCUT2D eigenvalue weighted by molar-refractivity contribution is 0.0367. The third kappa shape index (κ3) is 3.11. The van der Waals surface area contributed by atoms with Crippen molar-refractivity contribution in [2.75, 3.05) is 32.9 Å². The molecule has 1 fully saturated rings. The fourth-order valence-electron chi connectivity index (χ4n) is 2.96. The summed E-state index contributed by atoms with van der Waals surface area (Å²) in [7, 11) is 0. The minimum atomic E-state index is -0.0655. The van der Waals surface area contributed by atoms with E-state index in [4.69, 9.17) is 14.2 Å². The van der Waals surface area contributed by atoms with E-state index >= 15 is 0 Å². The van der Waals surface area contributed by atoms with Crippen molar-refractivity contribution in [2.24, 2.45) is 0 Å². The number of hydrogen-bond donors (Lipinski definition) is 0. The molecule has 24 heavy (non-hydrogen) atoms. The zero-order valence-electron chi connectivity index (χ0n) is 13.2. The summed E-state index contributed by atoms with van der Waals surface area (Å²) in [5.41, 5.74) is 0. The summed E-state index contributed by atoms with van der Waals surface area (Å²) >= 11 is 1.38. The predicted molar refractivity (Wildman–Crippen MR) is 87.8 cm³/mol. The Kier molecular flexibility index (Phi) is 4.40. The summed E-state index contributed by atoms with van der Waals surface area (Å²) in [6, 6.07) is 1.88. The molecule has 1 unspecified atom stereocenters. The third-order valence-corrected chi connectivity index (χ3v) is 5.01. The number of hydrogen-bond acceptors (Lipinski definition) is 6. The summed E-state index contributed by atoms with van der Waals surface area (Å²) in [6.45, 7) is 3.53. The molecule has 2 aromatic heterocycles. The van der Waals surface area contributed by atoms with Gasteiger partial charge in [-0.3, -0.25) is 9.48 Å². The van der Waals surface area contributed by atoms with Gasteiger partial charge in [-0.25, -0.2) is 0 Å². The molecule has 1 saturated heterocycles. The van der Waals surface area contributed by atoms with Crippen molar-refractivity contribution in [1.29, 1.82) is 0 Å². The number of fused-ring (bicyclic) bond motifs is 1. The van der Waals surface area contributed by atoms with Gasteiger partial charge in [0.1, 0.15) is 18.1 Å². The average Bonchev–Trinajstić information content (AvgIpc) is 3.20.